The second-order valence-corrected chi connectivity index (χ2v) is 10.2. The molecule has 0 saturated heterocycles. The van der Waals surface area contributed by atoms with Crippen molar-refractivity contribution in [1.29, 1.82) is 0 Å². The first-order chi connectivity index (χ1) is 19.3. The zero-order valence-electron chi connectivity index (χ0n) is 22.6. The molecule has 0 bridgehead atoms. The van der Waals surface area contributed by atoms with Gasteiger partial charge in [-0.2, -0.15) is 0 Å². The van der Waals surface area contributed by atoms with E-state index in [0.717, 1.165) is 36.1 Å². The van der Waals surface area contributed by atoms with E-state index >= 15 is 0 Å². The molecule has 1 amide bonds. The molecule has 0 radical (unpaired) electrons. The third-order valence-electron chi connectivity index (χ3n) is 7.27. The quantitative estimate of drug-likeness (QED) is 0.175. The Morgan fingerprint density at radius 1 is 1.12 bits per heavy atom. The predicted octanol–water partition coefficient (Wildman–Crippen LogP) is 6.89. The Morgan fingerprint density at radius 3 is 2.60 bits per heavy atom. The summed E-state index contributed by atoms with van der Waals surface area (Å²) in [5.41, 5.74) is 5.47. The Balaban J connectivity index is 1.45. The van der Waals surface area contributed by atoms with Crippen LogP contribution in [0.15, 0.2) is 93.7 Å². The van der Waals surface area contributed by atoms with Crippen LogP contribution in [-0.4, -0.2) is 40.2 Å². The molecule has 40 heavy (non-hydrogen) atoms. The zero-order chi connectivity index (χ0) is 28.2. The molecule has 8 nitrogen and oxygen atoms in total. The van der Waals surface area contributed by atoms with E-state index in [4.69, 9.17) is 16.6 Å². The Bertz CT molecular complexity index is 1570. The largest absolute Gasteiger partial charge is 0.507 e. The highest BCUT2D eigenvalue weighted by Gasteiger charge is 2.33. The molecule has 1 atom stereocenters. The monoisotopic (exact) mass is 554 g/mol. The highest BCUT2D eigenvalue weighted by atomic mass is 35.5. The van der Waals surface area contributed by atoms with Crippen LogP contribution >= 0.6 is 11.6 Å². The lowest BCUT2D eigenvalue weighted by Crippen LogP contribution is -2.34. The Labute approximate surface area is 238 Å². The van der Waals surface area contributed by atoms with E-state index in [0.29, 0.717) is 39.2 Å². The summed E-state index contributed by atoms with van der Waals surface area (Å²) >= 11 is 6.59. The van der Waals surface area contributed by atoms with Gasteiger partial charge >= 0.3 is 0 Å². The molecule has 2 aromatic carbocycles. The number of carbonyl (C=O) groups is 1. The smallest absolute Gasteiger partial charge is 0.257 e. The summed E-state index contributed by atoms with van der Waals surface area (Å²) in [6.45, 7) is 3.87. The topological polar surface area (TPSA) is 102 Å². The van der Waals surface area contributed by atoms with Crippen molar-refractivity contribution in [2.24, 2.45) is 9.98 Å². The van der Waals surface area contributed by atoms with Crippen LogP contribution in [0.3, 0.4) is 0 Å². The van der Waals surface area contributed by atoms with Gasteiger partial charge in [0.15, 0.2) is 0 Å². The molecule has 204 valence electrons. The van der Waals surface area contributed by atoms with Gasteiger partial charge in [0.2, 0.25) is 5.96 Å². The first kappa shape index (κ1) is 27.1. The Morgan fingerprint density at radius 2 is 1.88 bits per heavy atom. The van der Waals surface area contributed by atoms with Crippen molar-refractivity contribution in [3.8, 4) is 0 Å². The van der Waals surface area contributed by atoms with E-state index in [1.807, 2.05) is 63.4 Å². The number of aromatic nitrogens is 1. The fourth-order valence-electron chi connectivity index (χ4n) is 4.64. The summed E-state index contributed by atoms with van der Waals surface area (Å²) in [5.74, 6) is 0.666. The number of benzene rings is 2. The van der Waals surface area contributed by atoms with Gasteiger partial charge < -0.3 is 20.6 Å². The van der Waals surface area contributed by atoms with Gasteiger partial charge in [0.05, 0.1) is 11.9 Å². The lowest BCUT2D eigenvalue weighted by molar-refractivity contribution is -0.113. The third-order valence-corrected chi connectivity index (χ3v) is 7.61. The van der Waals surface area contributed by atoms with Crippen molar-refractivity contribution in [3.63, 3.8) is 0 Å². The molecule has 3 aromatic rings. The number of halogens is 1. The third kappa shape index (κ3) is 5.62. The number of carbonyl (C=O) groups excluding carboxylic acids is 1. The van der Waals surface area contributed by atoms with Gasteiger partial charge in [0.25, 0.3) is 5.91 Å². The predicted molar refractivity (Wildman–Crippen MR) is 162 cm³/mol. The maximum atomic E-state index is 13.8. The Kier molecular flexibility index (Phi) is 7.98. The van der Waals surface area contributed by atoms with Crippen molar-refractivity contribution >= 4 is 47.1 Å². The number of nitrogens with one attached hydrogen (secondary N) is 2. The number of aliphatic imine (C=N–C) groups is 2. The minimum absolute atomic E-state index is 0.261. The molecular weight excluding hydrogens is 524 g/mol. The summed E-state index contributed by atoms with van der Waals surface area (Å²) in [5, 5.41) is 17.2. The van der Waals surface area contributed by atoms with Crippen LogP contribution in [0.5, 0.6) is 0 Å². The van der Waals surface area contributed by atoms with Crippen molar-refractivity contribution in [2.45, 2.75) is 39.2 Å². The molecule has 3 N–H and O–H groups in total. The van der Waals surface area contributed by atoms with Gasteiger partial charge in [-0.25, -0.2) is 15.0 Å². The molecule has 1 fully saturated rings. The summed E-state index contributed by atoms with van der Waals surface area (Å²) in [6, 6.07) is 18.0. The number of allylic oxidation sites excluding steroid dienone is 2. The van der Waals surface area contributed by atoms with Crippen molar-refractivity contribution in [2.75, 3.05) is 17.7 Å². The number of rotatable bonds is 6. The molecule has 2 aliphatic rings. The maximum absolute atomic E-state index is 13.8. The number of aliphatic hydroxyl groups is 1. The molecule has 1 saturated carbocycles. The Hall–Kier alpha value is -4.43. The minimum Gasteiger partial charge on any atom is -0.507 e. The standard InChI is InChI=1S/C31H31ClN6O2/c1-19-9-4-7-14-25(19)34-18-35-31-37-28(23-12-5-6-13-24(23)32)27(20(2)38(31)3)30(40)36-26-17-22(15-16-33-26)29(39)21-10-8-11-21/h4-7,9,12-18,28,39H,8,10-11H2,1-3H3,(H,33,36,40)(H,34,35,37). The second-order valence-electron chi connectivity index (χ2n) is 9.82. The van der Waals surface area contributed by atoms with Gasteiger partial charge in [-0.3, -0.25) is 4.79 Å². The van der Waals surface area contributed by atoms with E-state index in [1.54, 1.807) is 35.6 Å². The molecule has 1 aliphatic heterocycles. The van der Waals surface area contributed by atoms with Crippen LogP contribution in [0.2, 0.25) is 5.02 Å². The first-order valence-electron chi connectivity index (χ1n) is 13.1. The molecule has 1 unspecified atom stereocenters. The highest BCUT2D eigenvalue weighted by molar-refractivity contribution is 6.31. The number of guanidine groups is 1. The van der Waals surface area contributed by atoms with Crippen molar-refractivity contribution < 1.29 is 9.90 Å². The van der Waals surface area contributed by atoms with Gasteiger partial charge in [-0.05, 0) is 68.5 Å². The summed E-state index contributed by atoms with van der Waals surface area (Å²) in [4.78, 5) is 29.3. The SMILES string of the molecule is CC1=C(C(=O)Nc2cc(C(O)=C3CCC3)ccn2)C(c2ccccc2Cl)N=C(N=CNc2ccccc2C)N1C. The second kappa shape index (κ2) is 11.8. The average molecular weight is 555 g/mol. The van der Waals surface area contributed by atoms with Crippen molar-refractivity contribution in [1.82, 2.24) is 9.88 Å². The number of aryl methyl sites for hydroxylation is 1. The van der Waals surface area contributed by atoms with Crippen molar-refractivity contribution in [3.05, 3.63) is 105 Å². The number of nitrogens with zero attached hydrogens (tertiary/aromatic N) is 4. The van der Waals surface area contributed by atoms with Crippen LogP contribution in [0.25, 0.3) is 5.76 Å². The molecule has 5 rings (SSSR count). The first-order valence-corrected chi connectivity index (χ1v) is 13.5. The number of hydrogen-bond donors (Lipinski definition) is 3. The number of para-hydroxylation sites is 1. The number of amides is 1. The summed E-state index contributed by atoms with van der Waals surface area (Å²) in [7, 11) is 1.82. The molecule has 1 aliphatic carbocycles. The van der Waals surface area contributed by atoms with Crippen LogP contribution in [-0.2, 0) is 4.79 Å². The lowest BCUT2D eigenvalue weighted by atomic mass is 9.89. The summed E-state index contributed by atoms with van der Waals surface area (Å²) < 4.78 is 0. The van der Waals surface area contributed by atoms with Gasteiger partial charge in [0, 0.05) is 40.8 Å². The molecule has 2 heterocycles. The van der Waals surface area contributed by atoms with Gasteiger partial charge in [-0.15, -0.1) is 0 Å². The summed E-state index contributed by atoms with van der Waals surface area (Å²) in [6.07, 6.45) is 6.02. The molecular formula is C31H31ClN6O2. The van der Waals surface area contributed by atoms with E-state index in [2.05, 4.69) is 20.6 Å². The van der Waals surface area contributed by atoms with Crippen LogP contribution in [0, 0.1) is 6.92 Å². The molecule has 1 aromatic heterocycles. The number of hydrogen-bond acceptors (Lipinski definition) is 6. The van der Waals surface area contributed by atoms with E-state index in [1.165, 1.54) is 0 Å². The number of anilines is 2. The van der Waals surface area contributed by atoms with Crippen LogP contribution < -0.4 is 10.6 Å². The number of pyridine rings is 1. The van der Waals surface area contributed by atoms with Gasteiger partial charge in [-0.1, -0.05) is 48.0 Å². The van der Waals surface area contributed by atoms with E-state index in [9.17, 15) is 9.90 Å². The minimum atomic E-state index is -0.691. The van der Waals surface area contributed by atoms with Crippen LogP contribution in [0.1, 0.15) is 48.9 Å². The lowest BCUT2D eigenvalue weighted by Gasteiger charge is -2.31. The fraction of sp³-hybridized carbons (Fsp3) is 0.226. The highest BCUT2D eigenvalue weighted by Crippen LogP contribution is 2.38. The fourth-order valence-corrected chi connectivity index (χ4v) is 4.88. The molecule has 9 heteroatoms. The number of aliphatic hydroxyl groups excluding tert-OH is 1. The maximum Gasteiger partial charge on any atom is 0.257 e. The van der Waals surface area contributed by atoms with Gasteiger partial charge in [0.1, 0.15) is 17.6 Å². The normalized spacial score (nSPS) is 17.0. The van der Waals surface area contributed by atoms with E-state index < -0.39 is 6.04 Å². The average Bonchev–Trinajstić information content (AvgIpc) is 2.91. The van der Waals surface area contributed by atoms with Crippen LogP contribution in [0.4, 0.5) is 11.5 Å². The molecule has 0 spiro atoms. The van der Waals surface area contributed by atoms with E-state index in [-0.39, 0.29) is 11.7 Å². The zero-order valence-corrected chi connectivity index (χ0v) is 23.4.